The average molecular weight is 282 g/mol. The molecule has 1 aliphatic heterocycles. The molecular weight excluding hydrogens is 268 g/mol. The van der Waals surface area contributed by atoms with Gasteiger partial charge in [0.15, 0.2) is 0 Å². The van der Waals surface area contributed by atoms with Gasteiger partial charge in [-0.3, -0.25) is 9.48 Å². The van der Waals surface area contributed by atoms with Crippen LogP contribution in [-0.4, -0.2) is 39.8 Å². The van der Waals surface area contributed by atoms with Crippen molar-refractivity contribution in [3.05, 3.63) is 41.9 Å². The second kappa shape index (κ2) is 5.25. The van der Waals surface area contributed by atoms with Crippen LogP contribution in [0.5, 0.6) is 0 Å². The zero-order valence-electron chi connectivity index (χ0n) is 11.5. The quantitative estimate of drug-likeness (QED) is 0.875. The Hall–Kier alpha value is -2.88. The molecule has 3 rings (SSSR count). The van der Waals surface area contributed by atoms with Crippen molar-refractivity contribution < 1.29 is 4.79 Å². The third-order valence-electron chi connectivity index (χ3n) is 3.36. The summed E-state index contributed by atoms with van der Waals surface area (Å²) < 4.78 is 1.60. The van der Waals surface area contributed by atoms with Crippen LogP contribution in [-0.2, 0) is 7.05 Å². The summed E-state index contributed by atoms with van der Waals surface area (Å²) in [4.78, 5) is 18.2. The van der Waals surface area contributed by atoms with Gasteiger partial charge in [0.05, 0.1) is 11.6 Å². The van der Waals surface area contributed by atoms with Gasteiger partial charge in [-0.25, -0.2) is 4.98 Å². The number of carbonyl (C=O) groups is 1. The van der Waals surface area contributed by atoms with Crippen LogP contribution in [0, 0.1) is 11.3 Å². The molecule has 7 heteroatoms. The molecule has 1 N–H and O–H groups in total. The number of amides is 1. The molecule has 0 spiro atoms. The number of aromatic nitrogens is 3. The lowest BCUT2D eigenvalue weighted by atomic mass is 10.1. The van der Waals surface area contributed by atoms with Gasteiger partial charge in [-0.15, -0.1) is 0 Å². The van der Waals surface area contributed by atoms with E-state index in [-0.39, 0.29) is 11.9 Å². The van der Waals surface area contributed by atoms with Crippen LogP contribution in [0.3, 0.4) is 0 Å². The molecule has 0 atom stereocenters. The van der Waals surface area contributed by atoms with E-state index in [2.05, 4.69) is 15.4 Å². The first-order chi connectivity index (χ1) is 10.2. The molecule has 0 unspecified atom stereocenters. The summed E-state index contributed by atoms with van der Waals surface area (Å²) in [5.41, 5.74) is 0.965. The standard InChI is InChI=1S/C14H14N6O/c1-19-5-4-12(18-19)14(21)17-11-8-20(9-11)13-3-2-10(6-15)7-16-13/h2-5,7,11H,8-9H2,1H3,(H,17,21). The van der Waals surface area contributed by atoms with Crippen LogP contribution >= 0.6 is 0 Å². The van der Waals surface area contributed by atoms with Crippen molar-refractivity contribution in [3.8, 4) is 6.07 Å². The van der Waals surface area contributed by atoms with Gasteiger partial charge >= 0.3 is 0 Å². The minimum Gasteiger partial charge on any atom is -0.352 e. The maximum atomic E-state index is 11.9. The van der Waals surface area contributed by atoms with Gasteiger partial charge < -0.3 is 10.2 Å². The largest absolute Gasteiger partial charge is 0.352 e. The first-order valence-electron chi connectivity index (χ1n) is 6.57. The summed E-state index contributed by atoms with van der Waals surface area (Å²) >= 11 is 0. The van der Waals surface area contributed by atoms with Gasteiger partial charge in [-0.1, -0.05) is 0 Å². The molecule has 0 aromatic carbocycles. The number of carbonyl (C=O) groups excluding carboxylic acids is 1. The molecule has 1 amide bonds. The van der Waals surface area contributed by atoms with Gasteiger partial charge in [0.2, 0.25) is 0 Å². The molecule has 21 heavy (non-hydrogen) atoms. The van der Waals surface area contributed by atoms with Gasteiger partial charge in [-0.2, -0.15) is 10.4 Å². The van der Waals surface area contributed by atoms with E-state index in [9.17, 15) is 4.79 Å². The number of pyridine rings is 1. The van der Waals surface area contributed by atoms with Crippen molar-refractivity contribution in [1.29, 1.82) is 5.26 Å². The number of aryl methyl sites for hydroxylation is 1. The molecule has 7 nitrogen and oxygen atoms in total. The minimum absolute atomic E-state index is 0.0944. The Kier molecular flexibility index (Phi) is 3.28. The van der Waals surface area contributed by atoms with E-state index in [4.69, 9.17) is 5.26 Å². The van der Waals surface area contributed by atoms with Gasteiger partial charge in [0.25, 0.3) is 5.91 Å². The summed E-state index contributed by atoms with van der Waals surface area (Å²) in [6.45, 7) is 1.41. The van der Waals surface area contributed by atoms with Gasteiger partial charge in [0.1, 0.15) is 17.6 Å². The highest BCUT2D eigenvalue weighted by Crippen LogP contribution is 2.18. The summed E-state index contributed by atoms with van der Waals surface area (Å²) in [5, 5.41) is 15.7. The van der Waals surface area contributed by atoms with E-state index >= 15 is 0 Å². The van der Waals surface area contributed by atoms with Crippen molar-refractivity contribution >= 4 is 11.7 Å². The average Bonchev–Trinajstić information content (AvgIpc) is 2.89. The van der Waals surface area contributed by atoms with Crippen LogP contribution in [0.15, 0.2) is 30.6 Å². The lowest BCUT2D eigenvalue weighted by molar-refractivity contribution is 0.0924. The van der Waals surface area contributed by atoms with Crippen molar-refractivity contribution in [2.75, 3.05) is 18.0 Å². The van der Waals surface area contributed by atoms with Crippen LogP contribution in [0.1, 0.15) is 16.1 Å². The van der Waals surface area contributed by atoms with Gasteiger partial charge in [0, 0.05) is 32.5 Å². The molecule has 1 saturated heterocycles. The van der Waals surface area contributed by atoms with E-state index < -0.39 is 0 Å². The number of anilines is 1. The Labute approximate surface area is 121 Å². The second-order valence-corrected chi connectivity index (χ2v) is 4.97. The lowest BCUT2D eigenvalue weighted by Crippen LogP contribution is -2.59. The lowest BCUT2D eigenvalue weighted by Gasteiger charge is -2.40. The molecule has 2 aromatic rings. The molecule has 1 fully saturated rings. The fourth-order valence-corrected chi connectivity index (χ4v) is 2.19. The number of hydrogen-bond donors (Lipinski definition) is 1. The predicted octanol–water partition coefficient (Wildman–Crippen LogP) is 0.305. The van der Waals surface area contributed by atoms with E-state index in [1.165, 1.54) is 0 Å². The zero-order valence-corrected chi connectivity index (χ0v) is 11.5. The molecule has 2 aromatic heterocycles. The Balaban J connectivity index is 1.53. The molecule has 0 saturated carbocycles. The minimum atomic E-state index is -0.159. The second-order valence-electron chi connectivity index (χ2n) is 4.97. The monoisotopic (exact) mass is 282 g/mol. The zero-order chi connectivity index (χ0) is 14.8. The predicted molar refractivity (Wildman–Crippen MR) is 75.6 cm³/mol. The Morgan fingerprint density at radius 2 is 2.24 bits per heavy atom. The topological polar surface area (TPSA) is 86.8 Å². The number of nitriles is 1. The van der Waals surface area contributed by atoms with Crippen molar-refractivity contribution in [2.45, 2.75) is 6.04 Å². The summed E-state index contributed by atoms with van der Waals surface area (Å²) in [7, 11) is 1.78. The fraction of sp³-hybridized carbons (Fsp3) is 0.286. The Morgan fingerprint density at radius 1 is 1.43 bits per heavy atom. The smallest absolute Gasteiger partial charge is 0.272 e. The van der Waals surface area contributed by atoms with E-state index in [0.717, 1.165) is 5.82 Å². The first kappa shape index (κ1) is 13.1. The highest BCUT2D eigenvalue weighted by molar-refractivity contribution is 5.92. The van der Waals surface area contributed by atoms with E-state index in [0.29, 0.717) is 24.3 Å². The maximum Gasteiger partial charge on any atom is 0.272 e. The Morgan fingerprint density at radius 3 is 2.81 bits per heavy atom. The maximum absolute atomic E-state index is 11.9. The van der Waals surface area contributed by atoms with Crippen LogP contribution in [0.25, 0.3) is 0 Å². The molecule has 0 aliphatic carbocycles. The van der Waals surface area contributed by atoms with Crippen molar-refractivity contribution in [2.24, 2.45) is 7.05 Å². The molecule has 0 radical (unpaired) electrons. The van der Waals surface area contributed by atoms with Crippen LogP contribution < -0.4 is 10.2 Å². The summed E-state index contributed by atoms with van der Waals surface area (Å²) in [6.07, 6.45) is 3.29. The highest BCUT2D eigenvalue weighted by Gasteiger charge is 2.29. The Bertz CT molecular complexity index is 693. The number of nitrogens with one attached hydrogen (secondary N) is 1. The summed E-state index contributed by atoms with van der Waals surface area (Å²) in [5.74, 6) is 0.658. The van der Waals surface area contributed by atoms with Crippen LogP contribution in [0.4, 0.5) is 5.82 Å². The summed E-state index contributed by atoms with van der Waals surface area (Å²) in [6, 6.07) is 7.37. The number of nitrogens with zero attached hydrogens (tertiary/aromatic N) is 5. The molecule has 0 bridgehead atoms. The third-order valence-corrected chi connectivity index (χ3v) is 3.36. The molecular formula is C14H14N6O. The normalized spacial score (nSPS) is 14.4. The first-order valence-corrected chi connectivity index (χ1v) is 6.57. The van der Waals surface area contributed by atoms with E-state index in [1.54, 1.807) is 36.3 Å². The van der Waals surface area contributed by atoms with Gasteiger partial charge in [-0.05, 0) is 18.2 Å². The van der Waals surface area contributed by atoms with Crippen molar-refractivity contribution in [1.82, 2.24) is 20.1 Å². The third kappa shape index (κ3) is 2.69. The molecule has 3 heterocycles. The highest BCUT2D eigenvalue weighted by atomic mass is 16.2. The van der Waals surface area contributed by atoms with E-state index in [1.807, 2.05) is 17.0 Å². The number of rotatable bonds is 3. The SMILES string of the molecule is Cn1ccc(C(=O)NC2CN(c3ccc(C#N)cn3)C2)n1. The molecule has 1 aliphatic rings. The fourth-order valence-electron chi connectivity index (χ4n) is 2.19. The number of hydrogen-bond acceptors (Lipinski definition) is 5. The van der Waals surface area contributed by atoms with Crippen molar-refractivity contribution in [3.63, 3.8) is 0 Å². The van der Waals surface area contributed by atoms with Crippen LogP contribution in [0.2, 0.25) is 0 Å². The molecule has 106 valence electrons.